The van der Waals surface area contributed by atoms with Crippen molar-refractivity contribution in [3.8, 4) is 5.69 Å². The number of likely N-dealkylation sites (tertiary alicyclic amines) is 1. The number of carbonyl (C=O) groups excluding carboxylic acids is 1. The van der Waals surface area contributed by atoms with Gasteiger partial charge >= 0.3 is 0 Å². The van der Waals surface area contributed by atoms with Crippen LogP contribution >= 0.6 is 0 Å². The summed E-state index contributed by atoms with van der Waals surface area (Å²) in [7, 11) is 0. The zero-order valence-electron chi connectivity index (χ0n) is 17.9. The van der Waals surface area contributed by atoms with Crippen LogP contribution in [0, 0.1) is 12.8 Å². The second kappa shape index (κ2) is 8.66. The molecule has 6 heteroatoms. The van der Waals surface area contributed by atoms with E-state index >= 15 is 0 Å². The van der Waals surface area contributed by atoms with Crippen LogP contribution in [0.25, 0.3) is 5.69 Å². The minimum absolute atomic E-state index is 0.0100. The van der Waals surface area contributed by atoms with Gasteiger partial charge in [0.2, 0.25) is 5.82 Å². The highest BCUT2D eigenvalue weighted by Crippen LogP contribution is 2.29. The van der Waals surface area contributed by atoms with Crippen molar-refractivity contribution < 1.29 is 4.79 Å². The molecule has 2 fully saturated rings. The lowest BCUT2D eigenvalue weighted by Crippen LogP contribution is -2.51. The van der Waals surface area contributed by atoms with E-state index < -0.39 is 0 Å². The molecule has 0 aliphatic carbocycles. The number of hydrogen-bond acceptors (Lipinski definition) is 4. The highest BCUT2D eigenvalue weighted by atomic mass is 16.2. The van der Waals surface area contributed by atoms with Crippen molar-refractivity contribution >= 4 is 5.91 Å². The van der Waals surface area contributed by atoms with E-state index in [4.69, 9.17) is 0 Å². The SMILES string of the molecule is Cc1nc(C(=O)N2CCCCC2C2CCCNC2)nn1-c1ccccc1C(C)C. The number of rotatable bonds is 4. The van der Waals surface area contributed by atoms with Crippen LogP contribution in [-0.2, 0) is 0 Å². The predicted octanol–water partition coefficient (Wildman–Crippen LogP) is 3.69. The van der Waals surface area contributed by atoms with Crippen LogP contribution in [0.4, 0.5) is 0 Å². The fourth-order valence-corrected chi connectivity index (χ4v) is 4.91. The van der Waals surface area contributed by atoms with Crippen LogP contribution in [0.15, 0.2) is 24.3 Å². The van der Waals surface area contributed by atoms with Gasteiger partial charge in [-0.05, 0) is 75.6 Å². The van der Waals surface area contributed by atoms with Crippen molar-refractivity contribution in [2.75, 3.05) is 19.6 Å². The van der Waals surface area contributed by atoms with E-state index in [-0.39, 0.29) is 5.91 Å². The fraction of sp³-hybridized carbons (Fsp3) is 0.609. The van der Waals surface area contributed by atoms with Crippen LogP contribution in [0.2, 0.25) is 0 Å². The first-order valence-electron chi connectivity index (χ1n) is 11.1. The fourth-order valence-electron chi connectivity index (χ4n) is 4.91. The molecule has 2 aliphatic rings. The Bertz CT molecular complexity index is 853. The Labute approximate surface area is 173 Å². The third-order valence-electron chi connectivity index (χ3n) is 6.44. The third-order valence-corrected chi connectivity index (χ3v) is 6.44. The Kier molecular flexibility index (Phi) is 5.99. The van der Waals surface area contributed by atoms with E-state index in [0.29, 0.717) is 23.7 Å². The summed E-state index contributed by atoms with van der Waals surface area (Å²) >= 11 is 0. The summed E-state index contributed by atoms with van der Waals surface area (Å²) in [5.41, 5.74) is 2.22. The monoisotopic (exact) mass is 395 g/mol. The number of aromatic nitrogens is 3. The van der Waals surface area contributed by atoms with Gasteiger partial charge in [0.15, 0.2) is 0 Å². The first kappa shape index (κ1) is 20.1. The molecule has 0 spiro atoms. The van der Waals surface area contributed by atoms with Crippen molar-refractivity contribution in [3.05, 3.63) is 41.5 Å². The Morgan fingerprint density at radius 3 is 2.76 bits per heavy atom. The van der Waals surface area contributed by atoms with Crippen LogP contribution in [0.5, 0.6) is 0 Å². The number of aryl methyl sites for hydroxylation is 1. The zero-order chi connectivity index (χ0) is 20.4. The first-order valence-corrected chi connectivity index (χ1v) is 11.1. The van der Waals surface area contributed by atoms with E-state index in [1.54, 1.807) is 0 Å². The maximum atomic E-state index is 13.4. The van der Waals surface area contributed by atoms with E-state index in [1.807, 2.05) is 23.7 Å². The molecule has 1 amide bonds. The maximum absolute atomic E-state index is 13.4. The molecule has 29 heavy (non-hydrogen) atoms. The van der Waals surface area contributed by atoms with Gasteiger partial charge in [-0.3, -0.25) is 4.79 Å². The molecule has 2 aliphatic heterocycles. The van der Waals surface area contributed by atoms with Gasteiger partial charge in [-0.2, -0.15) is 0 Å². The highest BCUT2D eigenvalue weighted by Gasteiger charge is 2.35. The molecule has 156 valence electrons. The number of hydrogen-bond donors (Lipinski definition) is 1. The summed E-state index contributed by atoms with van der Waals surface area (Å²) < 4.78 is 1.84. The molecule has 2 saturated heterocycles. The number of carbonyl (C=O) groups is 1. The Balaban J connectivity index is 1.62. The molecular formula is C23H33N5O. The van der Waals surface area contributed by atoms with Gasteiger partial charge in [0.25, 0.3) is 5.91 Å². The average Bonchev–Trinajstić information content (AvgIpc) is 3.15. The molecule has 0 bridgehead atoms. The molecular weight excluding hydrogens is 362 g/mol. The van der Waals surface area contributed by atoms with Gasteiger partial charge in [-0.15, -0.1) is 5.10 Å². The summed E-state index contributed by atoms with van der Waals surface area (Å²) in [6.45, 7) is 9.20. The predicted molar refractivity (Wildman–Crippen MR) is 114 cm³/mol. The summed E-state index contributed by atoms with van der Waals surface area (Å²) in [6, 6.07) is 8.55. The number of piperidine rings is 2. The smallest absolute Gasteiger partial charge is 0.293 e. The van der Waals surface area contributed by atoms with Crippen molar-refractivity contribution in [2.45, 2.75) is 64.8 Å². The lowest BCUT2D eigenvalue weighted by molar-refractivity contribution is 0.0472. The summed E-state index contributed by atoms with van der Waals surface area (Å²) in [5, 5.41) is 8.19. The second-order valence-electron chi connectivity index (χ2n) is 8.78. The summed E-state index contributed by atoms with van der Waals surface area (Å²) in [5.74, 6) is 1.99. The molecule has 1 aromatic heterocycles. The number of benzene rings is 1. The Morgan fingerprint density at radius 2 is 2.00 bits per heavy atom. The lowest BCUT2D eigenvalue weighted by Gasteiger charge is -2.41. The molecule has 2 unspecified atom stereocenters. The third kappa shape index (κ3) is 4.08. The molecule has 4 rings (SSSR count). The van der Waals surface area contributed by atoms with Gasteiger partial charge in [0, 0.05) is 12.6 Å². The largest absolute Gasteiger partial charge is 0.333 e. The molecule has 1 aromatic carbocycles. The number of para-hydroxylation sites is 1. The molecule has 6 nitrogen and oxygen atoms in total. The molecule has 0 saturated carbocycles. The van der Waals surface area contributed by atoms with E-state index in [2.05, 4.69) is 46.3 Å². The Morgan fingerprint density at radius 1 is 1.17 bits per heavy atom. The topological polar surface area (TPSA) is 63.1 Å². The van der Waals surface area contributed by atoms with Gasteiger partial charge in [-0.25, -0.2) is 9.67 Å². The molecule has 2 atom stereocenters. The lowest BCUT2D eigenvalue weighted by atomic mass is 9.85. The molecule has 1 N–H and O–H groups in total. The first-order chi connectivity index (χ1) is 14.1. The van der Waals surface area contributed by atoms with Crippen molar-refractivity contribution in [1.82, 2.24) is 25.0 Å². The van der Waals surface area contributed by atoms with Gasteiger partial charge in [0.05, 0.1) is 5.69 Å². The second-order valence-corrected chi connectivity index (χ2v) is 8.78. The van der Waals surface area contributed by atoms with Crippen molar-refractivity contribution in [3.63, 3.8) is 0 Å². The van der Waals surface area contributed by atoms with E-state index in [9.17, 15) is 4.79 Å². The quantitative estimate of drug-likeness (QED) is 0.858. The van der Waals surface area contributed by atoms with Gasteiger partial charge < -0.3 is 10.2 Å². The van der Waals surface area contributed by atoms with Crippen LogP contribution in [0.3, 0.4) is 0 Å². The summed E-state index contributed by atoms with van der Waals surface area (Å²) in [6.07, 6.45) is 5.76. The standard InChI is InChI=1S/C23H33N5O/c1-16(2)19-10-4-5-12-21(19)28-17(3)25-22(26-28)23(29)27-14-7-6-11-20(27)18-9-8-13-24-15-18/h4-5,10,12,16,18,20,24H,6-9,11,13-15H2,1-3H3. The van der Waals surface area contributed by atoms with Crippen LogP contribution in [0.1, 0.15) is 73.9 Å². The Hall–Kier alpha value is -2.21. The van der Waals surface area contributed by atoms with Gasteiger partial charge in [-0.1, -0.05) is 32.0 Å². The van der Waals surface area contributed by atoms with Crippen LogP contribution in [-0.4, -0.2) is 51.2 Å². The minimum atomic E-state index is -0.0100. The van der Waals surface area contributed by atoms with Crippen molar-refractivity contribution in [2.24, 2.45) is 5.92 Å². The van der Waals surface area contributed by atoms with Crippen LogP contribution < -0.4 is 5.32 Å². The van der Waals surface area contributed by atoms with E-state index in [1.165, 1.54) is 24.8 Å². The summed E-state index contributed by atoms with van der Waals surface area (Å²) in [4.78, 5) is 20.1. The highest BCUT2D eigenvalue weighted by molar-refractivity contribution is 5.90. The van der Waals surface area contributed by atoms with Crippen molar-refractivity contribution in [1.29, 1.82) is 0 Å². The minimum Gasteiger partial charge on any atom is -0.333 e. The maximum Gasteiger partial charge on any atom is 0.293 e. The average molecular weight is 396 g/mol. The normalized spacial score (nSPS) is 22.8. The zero-order valence-corrected chi connectivity index (χ0v) is 17.9. The molecule has 3 heterocycles. The number of nitrogens with one attached hydrogen (secondary N) is 1. The number of amides is 1. The molecule has 2 aromatic rings. The molecule has 0 radical (unpaired) electrons. The van der Waals surface area contributed by atoms with Gasteiger partial charge in [0.1, 0.15) is 5.82 Å². The van der Waals surface area contributed by atoms with E-state index in [0.717, 1.165) is 44.0 Å². The number of nitrogens with zero attached hydrogens (tertiary/aromatic N) is 4.